The summed E-state index contributed by atoms with van der Waals surface area (Å²) in [6, 6.07) is 4.10. The van der Waals surface area contributed by atoms with Crippen LogP contribution in [0.3, 0.4) is 0 Å². The molecule has 1 aromatic carbocycles. The van der Waals surface area contributed by atoms with Gasteiger partial charge in [0.25, 0.3) is 0 Å². The smallest absolute Gasteiger partial charge is 0.480 e. The zero-order valence-electron chi connectivity index (χ0n) is 22.8. The van der Waals surface area contributed by atoms with Gasteiger partial charge in [0.05, 0.1) is 6.61 Å². The Labute approximate surface area is 222 Å². The van der Waals surface area contributed by atoms with Crippen LogP contribution in [0.5, 0.6) is 11.5 Å². The summed E-state index contributed by atoms with van der Waals surface area (Å²) in [5, 5.41) is 9.85. The van der Waals surface area contributed by atoms with Gasteiger partial charge in [0.2, 0.25) is 0 Å². The minimum absolute atomic E-state index is 0.142. The van der Waals surface area contributed by atoms with Crippen LogP contribution in [0.15, 0.2) is 18.2 Å². The number of ether oxygens (including phenoxy) is 6. The minimum Gasteiger partial charge on any atom is -0.480 e. The van der Waals surface area contributed by atoms with Crippen LogP contribution in [-0.2, 0) is 30.2 Å². The van der Waals surface area contributed by atoms with E-state index < -0.39 is 48.3 Å². The third kappa shape index (κ3) is 11.2. The Morgan fingerprint density at radius 2 is 1.37 bits per heavy atom. The lowest BCUT2D eigenvalue weighted by Gasteiger charge is -2.28. The fraction of sp³-hybridized carbons (Fsp3) is 0.615. The summed E-state index contributed by atoms with van der Waals surface area (Å²) >= 11 is 0. The van der Waals surface area contributed by atoms with Gasteiger partial charge >= 0.3 is 24.4 Å². The van der Waals surface area contributed by atoms with E-state index in [0.29, 0.717) is 24.8 Å². The Balaban J connectivity index is 3.18. The van der Waals surface area contributed by atoms with Crippen LogP contribution in [0.4, 0.5) is 14.4 Å². The van der Waals surface area contributed by atoms with E-state index in [1.807, 2.05) is 20.8 Å². The number of aliphatic carboxylic acids is 1. The number of carboxylic acid groups (broad SMARTS) is 1. The first-order chi connectivity index (χ1) is 17.8. The van der Waals surface area contributed by atoms with Crippen molar-refractivity contribution in [3.8, 4) is 11.5 Å². The lowest BCUT2D eigenvalue weighted by atomic mass is 9.86. The van der Waals surface area contributed by atoms with Crippen LogP contribution in [0, 0.1) is 0 Å². The molecule has 12 heteroatoms. The van der Waals surface area contributed by atoms with Crippen molar-refractivity contribution in [1.29, 1.82) is 0 Å². The number of hydrogen-bond acceptors (Lipinski definition) is 11. The highest BCUT2D eigenvalue weighted by Gasteiger charge is 2.37. The molecule has 12 nitrogen and oxygen atoms in total. The maximum atomic E-state index is 12.3. The van der Waals surface area contributed by atoms with Gasteiger partial charge in [-0.25, -0.2) is 14.4 Å². The van der Waals surface area contributed by atoms with Gasteiger partial charge in [-0.05, 0) is 57.7 Å². The fourth-order valence-electron chi connectivity index (χ4n) is 3.09. The van der Waals surface area contributed by atoms with Gasteiger partial charge in [-0.2, -0.15) is 0 Å². The van der Waals surface area contributed by atoms with Crippen molar-refractivity contribution in [1.82, 2.24) is 0 Å². The molecule has 0 spiro atoms. The summed E-state index contributed by atoms with van der Waals surface area (Å²) in [6.07, 6.45) is -3.46. The number of hydrogen-bond donors (Lipinski definition) is 2. The molecular formula is C26H39NO11. The van der Waals surface area contributed by atoms with Gasteiger partial charge in [-0.15, -0.1) is 0 Å². The Morgan fingerprint density at radius 1 is 0.842 bits per heavy atom. The van der Waals surface area contributed by atoms with Crippen molar-refractivity contribution >= 4 is 24.4 Å². The van der Waals surface area contributed by atoms with Crippen molar-refractivity contribution in [3.05, 3.63) is 23.8 Å². The molecular weight excluding hydrogens is 502 g/mol. The molecule has 0 radical (unpaired) electrons. The first-order valence-corrected chi connectivity index (χ1v) is 12.6. The van der Waals surface area contributed by atoms with E-state index in [9.17, 15) is 24.3 Å². The highest BCUT2D eigenvalue weighted by molar-refractivity contribution is 5.79. The van der Waals surface area contributed by atoms with Crippen molar-refractivity contribution in [2.45, 2.75) is 97.5 Å². The number of rotatable bonds is 14. The van der Waals surface area contributed by atoms with Crippen molar-refractivity contribution in [2.24, 2.45) is 5.73 Å². The predicted octanol–water partition coefficient (Wildman–Crippen LogP) is 4.98. The molecule has 3 unspecified atom stereocenters. The molecule has 0 heterocycles. The monoisotopic (exact) mass is 541 g/mol. The molecule has 38 heavy (non-hydrogen) atoms. The molecule has 0 aliphatic rings. The van der Waals surface area contributed by atoms with Crippen molar-refractivity contribution in [3.63, 3.8) is 0 Å². The number of nitrogens with two attached hydrogens (primary N) is 1. The molecule has 3 N–H and O–H groups in total. The highest BCUT2D eigenvalue weighted by atomic mass is 16.8. The molecule has 0 bridgehead atoms. The predicted molar refractivity (Wildman–Crippen MR) is 135 cm³/mol. The standard InChI is InChI=1S/C26H39NO11/c1-7-12-33-23(30)36-18(6)14-26(27,22(28)29)15-19-10-11-20(37-24(31)34-16(4)8-2)21(13-19)38-25(32)35-17(5)9-3/h10-11,13,16-18H,7-9,12,14-15,27H2,1-6H3,(H,28,29)/t16?,17?,18-,26?/m0/s1. The summed E-state index contributed by atoms with van der Waals surface area (Å²) in [5.74, 6) is -1.68. The minimum atomic E-state index is -1.86. The molecule has 0 fully saturated rings. The first kappa shape index (κ1) is 32.5. The normalized spacial score (nSPS) is 14.7. The van der Waals surface area contributed by atoms with E-state index >= 15 is 0 Å². The van der Waals surface area contributed by atoms with Crippen molar-refractivity contribution < 1.29 is 52.7 Å². The van der Waals surface area contributed by atoms with Crippen LogP contribution >= 0.6 is 0 Å². The van der Waals surface area contributed by atoms with Gasteiger partial charge in [0, 0.05) is 12.8 Å². The summed E-state index contributed by atoms with van der Waals surface area (Å²) in [5.41, 5.74) is 4.68. The van der Waals surface area contributed by atoms with Crippen LogP contribution in [-0.4, -0.2) is 60.0 Å². The van der Waals surface area contributed by atoms with Gasteiger partial charge in [0.1, 0.15) is 23.9 Å². The van der Waals surface area contributed by atoms with E-state index in [1.54, 1.807) is 13.8 Å². The highest BCUT2D eigenvalue weighted by Crippen LogP contribution is 2.31. The third-order valence-corrected chi connectivity index (χ3v) is 5.46. The lowest BCUT2D eigenvalue weighted by molar-refractivity contribution is -0.144. The largest absolute Gasteiger partial charge is 0.514 e. The zero-order valence-corrected chi connectivity index (χ0v) is 22.8. The molecule has 0 amide bonds. The summed E-state index contributed by atoms with van der Waals surface area (Å²) < 4.78 is 30.7. The Kier molecular flexibility index (Phi) is 13.4. The van der Waals surface area contributed by atoms with E-state index in [4.69, 9.17) is 34.2 Å². The Hall–Kier alpha value is -3.54. The second-order valence-corrected chi connectivity index (χ2v) is 9.03. The summed E-state index contributed by atoms with van der Waals surface area (Å²) in [6.45, 7) is 10.5. The van der Waals surface area contributed by atoms with Crippen LogP contribution in [0.2, 0.25) is 0 Å². The molecule has 0 aromatic heterocycles. The van der Waals surface area contributed by atoms with Gasteiger partial charge in [-0.3, -0.25) is 4.79 Å². The molecule has 214 valence electrons. The number of carboxylic acids is 1. The van der Waals surface area contributed by atoms with Crippen LogP contribution in [0.25, 0.3) is 0 Å². The second-order valence-electron chi connectivity index (χ2n) is 9.03. The van der Waals surface area contributed by atoms with E-state index in [-0.39, 0.29) is 30.9 Å². The summed E-state index contributed by atoms with van der Waals surface area (Å²) in [4.78, 5) is 48.3. The fourth-order valence-corrected chi connectivity index (χ4v) is 3.09. The maximum Gasteiger partial charge on any atom is 0.514 e. The van der Waals surface area contributed by atoms with E-state index in [1.165, 1.54) is 25.1 Å². The van der Waals surface area contributed by atoms with Crippen molar-refractivity contribution in [2.75, 3.05) is 6.61 Å². The summed E-state index contributed by atoms with van der Waals surface area (Å²) in [7, 11) is 0. The van der Waals surface area contributed by atoms with Crippen LogP contribution < -0.4 is 15.2 Å². The lowest BCUT2D eigenvalue weighted by Crippen LogP contribution is -2.52. The number of carbonyl (C=O) groups excluding carboxylic acids is 3. The van der Waals surface area contributed by atoms with Gasteiger partial charge in [0.15, 0.2) is 11.5 Å². The van der Waals surface area contributed by atoms with Gasteiger partial charge < -0.3 is 39.3 Å². The SMILES string of the molecule is CCCOC(=O)O[C@@H](C)CC(N)(Cc1ccc(OC(=O)OC(C)CC)c(OC(=O)OC(C)CC)c1)C(=O)O. The number of carbonyl (C=O) groups is 4. The Morgan fingerprint density at radius 3 is 1.87 bits per heavy atom. The zero-order chi connectivity index (χ0) is 28.9. The molecule has 4 atom stereocenters. The molecule has 1 rings (SSSR count). The third-order valence-electron chi connectivity index (χ3n) is 5.46. The maximum absolute atomic E-state index is 12.3. The topological polar surface area (TPSA) is 170 Å². The second kappa shape index (κ2) is 15.7. The van der Waals surface area contributed by atoms with Crippen LogP contribution in [0.1, 0.15) is 72.8 Å². The molecule has 1 aromatic rings. The average Bonchev–Trinajstić information content (AvgIpc) is 2.83. The molecule has 0 aliphatic heterocycles. The number of benzene rings is 1. The van der Waals surface area contributed by atoms with E-state index in [0.717, 1.165) is 0 Å². The van der Waals surface area contributed by atoms with E-state index in [2.05, 4.69) is 0 Å². The van der Waals surface area contributed by atoms with Gasteiger partial charge in [-0.1, -0.05) is 26.8 Å². The molecule has 0 saturated carbocycles. The first-order valence-electron chi connectivity index (χ1n) is 12.6. The Bertz CT molecular complexity index is 951. The average molecular weight is 542 g/mol. The molecule has 0 saturated heterocycles. The molecule has 0 aliphatic carbocycles. The quantitative estimate of drug-likeness (QED) is 0.184.